The van der Waals surface area contributed by atoms with E-state index in [0.29, 0.717) is 30.6 Å². The number of halogens is 1. The molecule has 0 fully saturated rings. The predicted molar refractivity (Wildman–Crippen MR) is 107 cm³/mol. The number of fused-ring (bicyclic) bond motifs is 1. The Labute approximate surface area is 174 Å². The molecule has 3 heterocycles. The third-order valence-electron chi connectivity index (χ3n) is 4.83. The molecule has 2 aromatic carbocycles. The van der Waals surface area contributed by atoms with Gasteiger partial charge in [-0.2, -0.15) is 4.98 Å². The molecule has 1 aliphatic rings. The third kappa shape index (κ3) is 3.32. The van der Waals surface area contributed by atoms with Gasteiger partial charge in [-0.1, -0.05) is 50.6 Å². The smallest absolute Gasteiger partial charge is 0.280 e. The zero-order valence-electron chi connectivity index (χ0n) is 15.4. The van der Waals surface area contributed by atoms with Crippen LogP contribution in [0, 0.1) is 0 Å². The van der Waals surface area contributed by atoms with Crippen molar-refractivity contribution in [2.75, 3.05) is 7.11 Å². The number of methoxy groups -OCH3 is 1. The van der Waals surface area contributed by atoms with Crippen LogP contribution < -0.4 is 4.74 Å². The van der Waals surface area contributed by atoms with Crippen molar-refractivity contribution in [2.24, 2.45) is 0 Å². The Bertz CT molecular complexity index is 1160. The van der Waals surface area contributed by atoms with Crippen molar-refractivity contribution in [1.29, 1.82) is 0 Å². The number of benzene rings is 2. The average molecular weight is 454 g/mol. The number of ether oxygens (including phenoxy) is 2. The molecule has 0 amide bonds. The van der Waals surface area contributed by atoms with Crippen LogP contribution in [0.25, 0.3) is 23.0 Å². The first-order chi connectivity index (χ1) is 14.2. The Morgan fingerprint density at radius 3 is 2.76 bits per heavy atom. The van der Waals surface area contributed by atoms with Gasteiger partial charge in [-0.25, -0.2) is 4.68 Å². The Morgan fingerprint density at radius 1 is 1.14 bits per heavy atom. The molecule has 0 saturated carbocycles. The summed E-state index contributed by atoms with van der Waals surface area (Å²) in [5.41, 5.74) is 3.27. The molecule has 5 rings (SSSR count). The van der Waals surface area contributed by atoms with E-state index in [1.165, 1.54) is 0 Å². The Hall–Kier alpha value is -3.04. The van der Waals surface area contributed by atoms with Crippen LogP contribution in [0.4, 0.5) is 0 Å². The van der Waals surface area contributed by atoms with Crippen molar-refractivity contribution < 1.29 is 14.0 Å². The summed E-state index contributed by atoms with van der Waals surface area (Å²) in [4.78, 5) is 4.50. The lowest BCUT2D eigenvalue weighted by Gasteiger charge is -2.24. The second-order valence-corrected chi connectivity index (χ2v) is 7.40. The summed E-state index contributed by atoms with van der Waals surface area (Å²) in [6, 6.07) is 15.5. The summed E-state index contributed by atoms with van der Waals surface area (Å²) >= 11 is 3.51. The van der Waals surface area contributed by atoms with E-state index < -0.39 is 0 Å². The van der Waals surface area contributed by atoms with Crippen LogP contribution in [0.1, 0.15) is 17.4 Å². The number of hydrogen-bond acceptors (Lipinski definition) is 7. The van der Waals surface area contributed by atoms with Gasteiger partial charge in [0.1, 0.15) is 11.9 Å². The molecule has 0 saturated heterocycles. The quantitative estimate of drug-likeness (QED) is 0.460. The first-order valence-electron chi connectivity index (χ1n) is 9.00. The van der Waals surface area contributed by atoms with Crippen molar-refractivity contribution in [3.05, 3.63) is 64.3 Å². The van der Waals surface area contributed by atoms with E-state index in [1.807, 2.05) is 53.2 Å². The van der Waals surface area contributed by atoms with E-state index in [0.717, 1.165) is 27.0 Å². The van der Waals surface area contributed by atoms with E-state index in [1.54, 1.807) is 7.11 Å². The lowest BCUT2D eigenvalue weighted by molar-refractivity contribution is -0.00119. The highest BCUT2D eigenvalue weighted by Crippen LogP contribution is 2.32. The van der Waals surface area contributed by atoms with Gasteiger partial charge in [-0.3, -0.25) is 0 Å². The van der Waals surface area contributed by atoms with Gasteiger partial charge in [0.2, 0.25) is 5.82 Å². The van der Waals surface area contributed by atoms with E-state index in [9.17, 15) is 0 Å². The minimum Gasteiger partial charge on any atom is -0.497 e. The second kappa shape index (κ2) is 7.41. The van der Waals surface area contributed by atoms with Gasteiger partial charge in [-0.05, 0) is 29.8 Å². The topological polar surface area (TPSA) is 88.1 Å². The largest absolute Gasteiger partial charge is 0.497 e. The van der Waals surface area contributed by atoms with Crippen molar-refractivity contribution in [3.63, 3.8) is 0 Å². The van der Waals surface area contributed by atoms with Gasteiger partial charge < -0.3 is 14.0 Å². The maximum Gasteiger partial charge on any atom is 0.280 e. The monoisotopic (exact) mass is 453 g/mol. The number of aromatic nitrogens is 5. The van der Waals surface area contributed by atoms with Crippen LogP contribution >= 0.6 is 15.9 Å². The zero-order chi connectivity index (χ0) is 19.8. The van der Waals surface area contributed by atoms with E-state index in [-0.39, 0.29) is 6.10 Å². The molecule has 0 N–H and O–H groups in total. The lowest BCUT2D eigenvalue weighted by Crippen LogP contribution is -2.22. The minimum absolute atomic E-state index is 0.110. The Kier molecular flexibility index (Phi) is 4.61. The van der Waals surface area contributed by atoms with Gasteiger partial charge in [0.05, 0.1) is 26.0 Å². The van der Waals surface area contributed by atoms with Crippen LogP contribution in [0.2, 0.25) is 0 Å². The molecule has 1 atom stereocenters. The highest BCUT2D eigenvalue weighted by molar-refractivity contribution is 9.10. The summed E-state index contributed by atoms with van der Waals surface area (Å²) in [5, 5.41) is 12.6. The average Bonchev–Trinajstić information content (AvgIpc) is 3.40. The summed E-state index contributed by atoms with van der Waals surface area (Å²) in [7, 11) is 1.65. The van der Waals surface area contributed by atoms with E-state index in [4.69, 9.17) is 14.0 Å². The molecular weight excluding hydrogens is 438 g/mol. The van der Waals surface area contributed by atoms with Crippen LogP contribution in [0.15, 0.2) is 57.5 Å². The zero-order valence-corrected chi connectivity index (χ0v) is 17.0. The Balaban J connectivity index is 1.40. The number of hydrogen-bond donors (Lipinski definition) is 0. The maximum absolute atomic E-state index is 6.06. The van der Waals surface area contributed by atoms with Gasteiger partial charge in [0.25, 0.3) is 5.89 Å². The molecule has 8 nitrogen and oxygen atoms in total. The Morgan fingerprint density at radius 2 is 1.97 bits per heavy atom. The maximum atomic E-state index is 6.06. The molecule has 0 radical (unpaired) electrons. The van der Waals surface area contributed by atoms with Crippen molar-refractivity contribution >= 4 is 15.9 Å². The molecule has 29 heavy (non-hydrogen) atoms. The van der Waals surface area contributed by atoms with E-state index in [2.05, 4.69) is 36.4 Å². The third-order valence-corrected chi connectivity index (χ3v) is 5.52. The van der Waals surface area contributed by atoms with Crippen LogP contribution in [-0.4, -0.2) is 32.2 Å². The fourth-order valence-electron chi connectivity index (χ4n) is 3.27. The van der Waals surface area contributed by atoms with Gasteiger partial charge >= 0.3 is 0 Å². The van der Waals surface area contributed by atoms with Crippen molar-refractivity contribution in [2.45, 2.75) is 19.3 Å². The number of nitrogens with zero attached hydrogens (tertiary/aromatic N) is 5. The fourth-order valence-corrected chi connectivity index (χ4v) is 3.73. The molecule has 0 aliphatic carbocycles. The van der Waals surface area contributed by atoms with Crippen LogP contribution in [-0.2, 0) is 17.9 Å². The molecule has 9 heteroatoms. The van der Waals surface area contributed by atoms with Crippen molar-refractivity contribution in [3.8, 4) is 28.7 Å². The molecule has 146 valence electrons. The molecule has 0 bridgehead atoms. The number of rotatable bonds is 4. The standard InChI is InChI=1S/C20H16BrN5O3/c1-27-13-8-6-12(7-9-13)17-10-26-16(11-28-17)18(23-25-26)20-22-19(24-29-20)14-4-2-3-5-15(14)21/h2-9,17H,10-11H2,1H3. The first-order valence-corrected chi connectivity index (χ1v) is 9.79. The van der Waals surface area contributed by atoms with Gasteiger partial charge in [0.15, 0.2) is 5.69 Å². The molecule has 0 spiro atoms. The van der Waals surface area contributed by atoms with Gasteiger partial charge in [0, 0.05) is 10.0 Å². The highest BCUT2D eigenvalue weighted by Gasteiger charge is 2.28. The van der Waals surface area contributed by atoms with E-state index >= 15 is 0 Å². The molecule has 4 aromatic rings. The molecule has 2 aromatic heterocycles. The summed E-state index contributed by atoms with van der Waals surface area (Å²) in [6.07, 6.45) is -0.110. The summed E-state index contributed by atoms with van der Waals surface area (Å²) in [6.45, 7) is 0.908. The first kappa shape index (κ1) is 18.0. The fraction of sp³-hybridized carbons (Fsp3) is 0.200. The lowest BCUT2D eigenvalue weighted by atomic mass is 10.1. The molecule has 1 aliphatic heterocycles. The predicted octanol–water partition coefficient (Wildman–Crippen LogP) is 4.04. The van der Waals surface area contributed by atoms with Gasteiger partial charge in [-0.15, -0.1) is 5.10 Å². The normalized spacial score (nSPS) is 15.9. The summed E-state index contributed by atoms with van der Waals surface area (Å²) < 4.78 is 19.4. The summed E-state index contributed by atoms with van der Waals surface area (Å²) in [5.74, 6) is 1.62. The molecule has 1 unspecified atom stereocenters. The molecular formula is C20H16BrN5O3. The van der Waals surface area contributed by atoms with Crippen LogP contribution in [0.5, 0.6) is 5.75 Å². The van der Waals surface area contributed by atoms with Crippen molar-refractivity contribution in [1.82, 2.24) is 25.1 Å². The SMILES string of the molecule is COc1ccc(C2Cn3nnc(-c4nc(-c5ccccc5Br)no4)c3CO2)cc1. The second-order valence-electron chi connectivity index (χ2n) is 6.54. The minimum atomic E-state index is -0.110. The highest BCUT2D eigenvalue weighted by atomic mass is 79.9. The van der Waals surface area contributed by atoms with Crippen LogP contribution in [0.3, 0.4) is 0 Å².